The Balaban J connectivity index is 1.88. The first-order valence-electron chi connectivity index (χ1n) is 13.0. The van der Waals surface area contributed by atoms with E-state index in [-0.39, 0.29) is 18.3 Å². The Morgan fingerprint density at radius 1 is 0.684 bits per heavy atom. The molecule has 5 nitrogen and oxygen atoms in total. The largest absolute Gasteiger partial charge is 0.462 e. The molecule has 38 heavy (non-hydrogen) atoms. The van der Waals surface area contributed by atoms with Gasteiger partial charge >= 0.3 is 5.97 Å². The van der Waals surface area contributed by atoms with Gasteiger partial charge in [-0.25, -0.2) is 4.79 Å². The number of nitrogens with zero attached hydrogens (tertiary/aromatic N) is 2. The molecule has 5 aromatic carbocycles. The molecule has 0 N–H and O–H groups in total. The second kappa shape index (κ2) is 9.77. The number of ether oxygens (including phenoxy) is 1. The summed E-state index contributed by atoms with van der Waals surface area (Å²) in [6.07, 6.45) is 1.19. The van der Waals surface area contributed by atoms with Gasteiger partial charge in [-0.2, -0.15) is 10.5 Å². The van der Waals surface area contributed by atoms with Crippen LogP contribution in [0.4, 0.5) is 0 Å². The summed E-state index contributed by atoms with van der Waals surface area (Å²) in [4.78, 5) is 26.4. The van der Waals surface area contributed by atoms with Crippen LogP contribution in [0.1, 0.15) is 72.4 Å². The highest BCUT2D eigenvalue weighted by molar-refractivity contribution is 6.36. The zero-order valence-electron chi connectivity index (χ0n) is 22.0. The number of carbonyl (C=O) groups excluding carboxylic acids is 2. The molecule has 188 valence electrons. The molecule has 0 bridgehead atoms. The lowest BCUT2D eigenvalue weighted by atomic mass is 9.84. The molecular formula is C33H28N2O3. The first kappa shape index (κ1) is 25.2. The van der Waals surface area contributed by atoms with Gasteiger partial charge in [-0.1, -0.05) is 58.0 Å². The van der Waals surface area contributed by atoms with Crippen LogP contribution in [0, 0.1) is 34.5 Å². The summed E-state index contributed by atoms with van der Waals surface area (Å²) in [6, 6.07) is 19.2. The van der Waals surface area contributed by atoms with E-state index in [2.05, 4.69) is 26.0 Å². The van der Waals surface area contributed by atoms with Crippen LogP contribution in [0.15, 0.2) is 48.5 Å². The molecule has 0 saturated heterocycles. The molecule has 0 saturated carbocycles. The standard InChI is InChI=1S/C33H28N2O3/c1-18(2)5-14-28(36)26-12-10-24-23-9-7-21(16-35)30-27(33(37)38-17-19(3)4)13-11-25(32(23)30)22-8-6-20(15-34)29(26)31(22)24/h6-13,18-19H,5,14,17H2,1-4H3. The number of esters is 1. The summed E-state index contributed by atoms with van der Waals surface area (Å²) in [7, 11) is 0. The summed E-state index contributed by atoms with van der Waals surface area (Å²) < 4.78 is 5.55. The van der Waals surface area contributed by atoms with Crippen molar-refractivity contribution in [3.63, 3.8) is 0 Å². The molecule has 0 amide bonds. The predicted octanol–water partition coefficient (Wildman–Crippen LogP) is 7.91. The number of hydrogen-bond acceptors (Lipinski definition) is 5. The van der Waals surface area contributed by atoms with Gasteiger partial charge < -0.3 is 4.74 Å². The van der Waals surface area contributed by atoms with Crippen molar-refractivity contribution in [2.45, 2.75) is 40.5 Å². The van der Waals surface area contributed by atoms with Crippen molar-refractivity contribution in [1.29, 1.82) is 10.5 Å². The second-order valence-corrected chi connectivity index (χ2v) is 10.7. The number of hydrogen-bond donors (Lipinski definition) is 0. The SMILES string of the molecule is CC(C)CCC(=O)c1ccc2c3ccc(C#N)c4c(C(=O)OCC(C)C)ccc(c5ccc(C#N)c1c25)c43. The van der Waals surface area contributed by atoms with E-state index in [1.165, 1.54) is 0 Å². The van der Waals surface area contributed by atoms with E-state index < -0.39 is 5.97 Å². The zero-order valence-corrected chi connectivity index (χ0v) is 22.0. The number of benzene rings is 5. The molecular weight excluding hydrogens is 472 g/mol. The highest BCUT2D eigenvalue weighted by atomic mass is 16.5. The normalized spacial score (nSPS) is 11.6. The van der Waals surface area contributed by atoms with E-state index in [0.29, 0.717) is 45.4 Å². The maximum absolute atomic E-state index is 13.3. The number of fused-ring (bicyclic) bond motifs is 2. The molecule has 0 unspecified atom stereocenters. The minimum absolute atomic E-state index is 0.0259. The molecule has 5 rings (SSSR count). The average molecular weight is 501 g/mol. The Labute approximate surface area is 221 Å². The van der Waals surface area contributed by atoms with Crippen LogP contribution in [0.3, 0.4) is 0 Å². The summed E-state index contributed by atoms with van der Waals surface area (Å²) in [5.41, 5.74) is 1.78. The van der Waals surface area contributed by atoms with Gasteiger partial charge in [0, 0.05) is 22.8 Å². The molecule has 0 aromatic heterocycles. The first-order valence-corrected chi connectivity index (χ1v) is 13.0. The Morgan fingerprint density at radius 3 is 1.63 bits per heavy atom. The molecule has 0 aliphatic rings. The van der Waals surface area contributed by atoms with Crippen LogP contribution in [-0.4, -0.2) is 18.4 Å². The smallest absolute Gasteiger partial charge is 0.338 e. The molecule has 5 aromatic rings. The van der Waals surface area contributed by atoms with Crippen molar-refractivity contribution in [3.05, 3.63) is 70.8 Å². The molecule has 0 aliphatic carbocycles. The van der Waals surface area contributed by atoms with Crippen molar-refractivity contribution < 1.29 is 14.3 Å². The van der Waals surface area contributed by atoms with Crippen molar-refractivity contribution in [3.8, 4) is 12.1 Å². The maximum atomic E-state index is 13.3. The molecule has 0 aliphatic heterocycles. The highest BCUT2D eigenvalue weighted by Crippen LogP contribution is 2.44. The number of Topliss-reactive ketones (excluding diaryl/α,β-unsaturated/α-hetero) is 1. The van der Waals surface area contributed by atoms with E-state index in [1.54, 1.807) is 18.2 Å². The van der Waals surface area contributed by atoms with Crippen LogP contribution in [0.25, 0.3) is 43.1 Å². The fourth-order valence-electron chi connectivity index (χ4n) is 5.35. The van der Waals surface area contributed by atoms with Gasteiger partial charge in [0.2, 0.25) is 0 Å². The van der Waals surface area contributed by atoms with Gasteiger partial charge in [0.1, 0.15) is 0 Å². The monoisotopic (exact) mass is 500 g/mol. The van der Waals surface area contributed by atoms with E-state index in [1.807, 2.05) is 44.2 Å². The zero-order chi connectivity index (χ0) is 27.1. The van der Waals surface area contributed by atoms with Crippen molar-refractivity contribution in [2.24, 2.45) is 11.8 Å². The second-order valence-electron chi connectivity index (χ2n) is 10.7. The number of carbonyl (C=O) groups is 2. The number of nitriles is 2. The Hall–Kier alpha value is -4.48. The van der Waals surface area contributed by atoms with Crippen LogP contribution >= 0.6 is 0 Å². The maximum Gasteiger partial charge on any atom is 0.338 e. The lowest BCUT2D eigenvalue weighted by Crippen LogP contribution is -2.11. The lowest BCUT2D eigenvalue weighted by molar-refractivity contribution is 0.0461. The molecule has 0 heterocycles. The predicted molar refractivity (Wildman–Crippen MR) is 151 cm³/mol. The first-order chi connectivity index (χ1) is 18.3. The van der Waals surface area contributed by atoms with Gasteiger partial charge in [0.05, 0.1) is 35.4 Å². The average Bonchev–Trinajstić information content (AvgIpc) is 2.92. The molecule has 0 atom stereocenters. The summed E-state index contributed by atoms with van der Waals surface area (Å²) >= 11 is 0. The topological polar surface area (TPSA) is 90.9 Å². The highest BCUT2D eigenvalue weighted by Gasteiger charge is 2.23. The van der Waals surface area contributed by atoms with E-state index in [0.717, 1.165) is 38.7 Å². The van der Waals surface area contributed by atoms with Crippen molar-refractivity contribution in [1.82, 2.24) is 0 Å². The Bertz CT molecular complexity index is 1680. The van der Waals surface area contributed by atoms with Crippen LogP contribution in [0.2, 0.25) is 0 Å². The van der Waals surface area contributed by atoms with E-state index in [4.69, 9.17) is 4.74 Å². The van der Waals surface area contributed by atoms with Gasteiger partial charge in [-0.05, 0) is 68.8 Å². The van der Waals surface area contributed by atoms with Crippen molar-refractivity contribution >= 4 is 54.8 Å². The van der Waals surface area contributed by atoms with Gasteiger partial charge in [-0.3, -0.25) is 4.79 Å². The third kappa shape index (κ3) is 4.01. The fraction of sp³-hybridized carbons (Fsp3) is 0.273. The Morgan fingerprint density at radius 2 is 1.16 bits per heavy atom. The van der Waals surface area contributed by atoms with E-state index >= 15 is 0 Å². The molecule has 5 heteroatoms. The van der Waals surface area contributed by atoms with Gasteiger partial charge in [0.25, 0.3) is 0 Å². The summed E-state index contributed by atoms with van der Waals surface area (Å²) in [6.45, 7) is 8.41. The fourth-order valence-corrected chi connectivity index (χ4v) is 5.35. The van der Waals surface area contributed by atoms with Crippen molar-refractivity contribution in [2.75, 3.05) is 6.61 Å². The van der Waals surface area contributed by atoms with Crippen LogP contribution in [0.5, 0.6) is 0 Å². The van der Waals surface area contributed by atoms with Crippen LogP contribution in [-0.2, 0) is 4.74 Å². The molecule has 0 radical (unpaired) electrons. The van der Waals surface area contributed by atoms with Crippen LogP contribution < -0.4 is 0 Å². The minimum atomic E-state index is -0.458. The lowest BCUT2D eigenvalue weighted by Gasteiger charge is -2.19. The summed E-state index contributed by atoms with van der Waals surface area (Å²) in [5.74, 6) is 0.152. The number of ketones is 1. The third-order valence-corrected chi connectivity index (χ3v) is 7.16. The minimum Gasteiger partial charge on any atom is -0.462 e. The third-order valence-electron chi connectivity index (χ3n) is 7.16. The quantitative estimate of drug-likeness (QED) is 0.0980. The molecule has 0 fully saturated rings. The molecule has 0 spiro atoms. The van der Waals surface area contributed by atoms with E-state index in [9.17, 15) is 20.1 Å². The summed E-state index contributed by atoms with van der Waals surface area (Å²) in [5, 5.41) is 26.3. The number of rotatable bonds is 7. The van der Waals surface area contributed by atoms with Gasteiger partial charge in [-0.15, -0.1) is 0 Å². The van der Waals surface area contributed by atoms with Gasteiger partial charge in [0.15, 0.2) is 5.78 Å². The Kier molecular flexibility index (Phi) is 6.47.